The highest BCUT2D eigenvalue weighted by Gasteiger charge is 2.23. The number of aliphatic hydroxyl groups excluding tert-OH is 1. The molecule has 8 heteroatoms. The first-order valence-corrected chi connectivity index (χ1v) is 10.6. The molecule has 0 bridgehead atoms. The number of nitrogens with zero attached hydrogens (tertiary/aromatic N) is 3. The number of aliphatic hydroxyl groups is 1. The second-order valence-electron chi connectivity index (χ2n) is 8.29. The molecule has 0 radical (unpaired) electrons. The standard InChI is InChI=1S/C24H24N4O3.ClH/c1-15(13-27-12-10-17(29)14-27)25-23(30)20-7-4-11-28-22(20)26-21-18-6-3-2-5-16(18)8-9-19(21)24(28)31;/h2-9,11,15,17,29H,10,12-14H2,1H3,(H,25,30);1H/t15?,17-;/m0./s1. The molecular formula is C24H25ClN4O3. The summed E-state index contributed by atoms with van der Waals surface area (Å²) < 4.78 is 1.44. The number of aromatic nitrogens is 2. The zero-order valence-corrected chi connectivity index (χ0v) is 18.5. The van der Waals surface area contributed by atoms with Gasteiger partial charge in [-0.2, -0.15) is 0 Å². The molecule has 3 heterocycles. The molecule has 0 saturated carbocycles. The van der Waals surface area contributed by atoms with Gasteiger partial charge in [0.15, 0.2) is 5.65 Å². The summed E-state index contributed by atoms with van der Waals surface area (Å²) in [7, 11) is 0. The number of benzene rings is 2. The summed E-state index contributed by atoms with van der Waals surface area (Å²) in [4.78, 5) is 33.1. The van der Waals surface area contributed by atoms with Crippen LogP contribution in [0.4, 0.5) is 0 Å². The normalized spacial score (nSPS) is 17.5. The lowest BCUT2D eigenvalue weighted by Gasteiger charge is -2.21. The van der Waals surface area contributed by atoms with E-state index in [-0.39, 0.29) is 36.0 Å². The van der Waals surface area contributed by atoms with E-state index in [0.29, 0.717) is 35.2 Å². The van der Waals surface area contributed by atoms with Crippen LogP contribution in [0.1, 0.15) is 23.7 Å². The number of pyridine rings is 1. The third kappa shape index (κ3) is 3.95. The quantitative estimate of drug-likeness (QED) is 0.367. The van der Waals surface area contributed by atoms with Gasteiger partial charge in [0.1, 0.15) is 0 Å². The first-order valence-electron chi connectivity index (χ1n) is 10.6. The van der Waals surface area contributed by atoms with Crippen molar-refractivity contribution >= 4 is 45.6 Å². The van der Waals surface area contributed by atoms with Crippen molar-refractivity contribution in [1.82, 2.24) is 19.6 Å². The van der Waals surface area contributed by atoms with Gasteiger partial charge in [-0.05, 0) is 36.9 Å². The third-order valence-corrected chi connectivity index (χ3v) is 5.94. The van der Waals surface area contributed by atoms with Gasteiger partial charge in [0.2, 0.25) is 0 Å². The maximum Gasteiger partial charge on any atom is 0.265 e. The van der Waals surface area contributed by atoms with Crippen LogP contribution in [0.3, 0.4) is 0 Å². The number of carbonyl (C=O) groups excluding carboxylic acids is 1. The maximum absolute atomic E-state index is 13.2. The molecule has 1 unspecified atom stereocenters. The Morgan fingerprint density at radius 1 is 1.19 bits per heavy atom. The summed E-state index contributed by atoms with van der Waals surface area (Å²) in [5.74, 6) is -0.267. The minimum atomic E-state index is -0.292. The van der Waals surface area contributed by atoms with Crippen molar-refractivity contribution in [2.45, 2.75) is 25.5 Å². The van der Waals surface area contributed by atoms with Crippen LogP contribution in [0.2, 0.25) is 0 Å². The van der Waals surface area contributed by atoms with E-state index in [1.54, 1.807) is 24.4 Å². The van der Waals surface area contributed by atoms with Crippen molar-refractivity contribution in [3.63, 3.8) is 0 Å². The van der Waals surface area contributed by atoms with E-state index >= 15 is 0 Å². The van der Waals surface area contributed by atoms with E-state index in [2.05, 4.69) is 10.2 Å². The highest BCUT2D eigenvalue weighted by Crippen LogP contribution is 2.23. The molecule has 4 aromatic rings. The number of hydrogen-bond donors (Lipinski definition) is 2. The van der Waals surface area contributed by atoms with Crippen LogP contribution in [-0.4, -0.2) is 57.1 Å². The van der Waals surface area contributed by atoms with Gasteiger partial charge in [-0.3, -0.25) is 18.9 Å². The molecule has 166 valence electrons. The fraction of sp³-hybridized carbons (Fsp3) is 0.292. The first kappa shape index (κ1) is 22.2. The Morgan fingerprint density at radius 2 is 2.00 bits per heavy atom. The number of hydrogen-bond acceptors (Lipinski definition) is 5. The molecule has 1 fully saturated rings. The number of carbonyl (C=O) groups is 1. The minimum Gasteiger partial charge on any atom is -0.392 e. The topological polar surface area (TPSA) is 86.9 Å². The number of likely N-dealkylation sites (tertiary alicyclic amines) is 1. The van der Waals surface area contributed by atoms with Crippen LogP contribution in [0.15, 0.2) is 59.5 Å². The van der Waals surface area contributed by atoms with Crippen molar-refractivity contribution in [3.05, 3.63) is 70.6 Å². The van der Waals surface area contributed by atoms with Crippen molar-refractivity contribution in [1.29, 1.82) is 0 Å². The summed E-state index contributed by atoms with van der Waals surface area (Å²) in [5.41, 5.74) is 1.11. The Balaban J connectivity index is 0.00000245. The van der Waals surface area contributed by atoms with E-state index < -0.39 is 0 Å². The van der Waals surface area contributed by atoms with Crippen LogP contribution in [0, 0.1) is 0 Å². The zero-order valence-electron chi connectivity index (χ0n) is 17.7. The molecule has 0 spiro atoms. The molecular weight excluding hydrogens is 428 g/mol. The first-order chi connectivity index (χ1) is 15.0. The lowest BCUT2D eigenvalue weighted by molar-refractivity contribution is 0.0931. The van der Waals surface area contributed by atoms with Crippen LogP contribution >= 0.6 is 12.4 Å². The Labute approximate surface area is 191 Å². The Kier molecular flexibility index (Phi) is 6.15. The van der Waals surface area contributed by atoms with E-state index in [1.807, 2.05) is 37.3 Å². The Morgan fingerprint density at radius 3 is 2.78 bits per heavy atom. The molecule has 1 aliphatic heterocycles. The number of β-amino-alcohol motifs (C(OH)–C–C–N with tert-alkyl or cyclic N) is 1. The maximum atomic E-state index is 13.2. The van der Waals surface area contributed by atoms with Crippen molar-refractivity contribution in [3.8, 4) is 0 Å². The SMILES string of the molecule is CC(CN1CC[C@H](O)C1)NC(=O)c1cccn2c(=O)c3ccc4ccccc4c3nc12.Cl. The zero-order chi connectivity index (χ0) is 21.5. The molecule has 1 saturated heterocycles. The molecule has 32 heavy (non-hydrogen) atoms. The molecule has 1 aliphatic rings. The second kappa shape index (κ2) is 8.86. The molecule has 0 aliphatic carbocycles. The largest absolute Gasteiger partial charge is 0.392 e. The molecule has 2 N–H and O–H groups in total. The second-order valence-corrected chi connectivity index (χ2v) is 8.29. The monoisotopic (exact) mass is 452 g/mol. The fourth-order valence-corrected chi connectivity index (χ4v) is 4.45. The van der Waals surface area contributed by atoms with Crippen molar-refractivity contribution in [2.24, 2.45) is 0 Å². The molecule has 2 aromatic carbocycles. The van der Waals surface area contributed by atoms with E-state index in [9.17, 15) is 14.7 Å². The number of nitrogens with one attached hydrogen (secondary N) is 1. The van der Waals surface area contributed by atoms with Gasteiger partial charge >= 0.3 is 0 Å². The number of amides is 1. The van der Waals surface area contributed by atoms with Gasteiger partial charge in [0.25, 0.3) is 11.5 Å². The van der Waals surface area contributed by atoms with Crippen LogP contribution < -0.4 is 10.9 Å². The van der Waals surface area contributed by atoms with Gasteiger partial charge in [-0.25, -0.2) is 4.98 Å². The highest BCUT2D eigenvalue weighted by atomic mass is 35.5. The average molecular weight is 453 g/mol. The summed E-state index contributed by atoms with van der Waals surface area (Å²) in [5, 5.41) is 15.1. The molecule has 5 rings (SSSR count). The van der Waals surface area contributed by atoms with Crippen molar-refractivity contribution in [2.75, 3.05) is 19.6 Å². The highest BCUT2D eigenvalue weighted by molar-refractivity contribution is 6.07. The Bertz CT molecular complexity index is 1370. The lowest BCUT2D eigenvalue weighted by Crippen LogP contribution is -2.41. The molecule has 1 amide bonds. The van der Waals surface area contributed by atoms with E-state index in [1.165, 1.54) is 4.40 Å². The van der Waals surface area contributed by atoms with Gasteiger partial charge < -0.3 is 10.4 Å². The number of rotatable bonds is 4. The number of fused-ring (bicyclic) bond motifs is 4. The minimum absolute atomic E-state index is 0. The Hall–Kier alpha value is -3.00. The summed E-state index contributed by atoms with van der Waals surface area (Å²) in [6.07, 6.45) is 2.11. The van der Waals surface area contributed by atoms with Gasteiger partial charge in [0, 0.05) is 37.3 Å². The van der Waals surface area contributed by atoms with E-state index in [0.717, 1.165) is 23.7 Å². The molecule has 2 aromatic heterocycles. The fourth-order valence-electron chi connectivity index (χ4n) is 4.45. The van der Waals surface area contributed by atoms with Gasteiger partial charge in [0.05, 0.1) is 22.6 Å². The lowest BCUT2D eigenvalue weighted by atomic mass is 10.1. The van der Waals surface area contributed by atoms with Crippen LogP contribution in [0.25, 0.3) is 27.3 Å². The molecule has 2 atom stereocenters. The van der Waals surface area contributed by atoms with E-state index in [4.69, 9.17) is 4.98 Å². The third-order valence-electron chi connectivity index (χ3n) is 5.94. The molecule has 7 nitrogen and oxygen atoms in total. The smallest absolute Gasteiger partial charge is 0.265 e. The summed E-state index contributed by atoms with van der Waals surface area (Å²) in [6, 6.07) is 14.8. The van der Waals surface area contributed by atoms with Crippen molar-refractivity contribution < 1.29 is 9.90 Å². The average Bonchev–Trinajstić information content (AvgIpc) is 3.17. The van der Waals surface area contributed by atoms with Crippen LogP contribution in [0.5, 0.6) is 0 Å². The number of halogens is 1. The predicted molar refractivity (Wildman–Crippen MR) is 128 cm³/mol. The predicted octanol–water partition coefficient (Wildman–Crippen LogP) is 2.61. The van der Waals surface area contributed by atoms with Crippen LogP contribution in [-0.2, 0) is 0 Å². The van der Waals surface area contributed by atoms with Gasteiger partial charge in [-0.15, -0.1) is 12.4 Å². The summed E-state index contributed by atoms with van der Waals surface area (Å²) in [6.45, 7) is 4.06. The summed E-state index contributed by atoms with van der Waals surface area (Å²) >= 11 is 0. The van der Waals surface area contributed by atoms with Gasteiger partial charge in [-0.1, -0.05) is 30.3 Å².